The Morgan fingerprint density at radius 2 is 2.27 bits per heavy atom. The van der Waals surface area contributed by atoms with Gasteiger partial charge in [-0.15, -0.1) is 0 Å². The first kappa shape index (κ1) is 12.5. The number of amides is 1. The molecular formula is C11H23N3O. The molecule has 15 heavy (non-hydrogen) atoms. The van der Waals surface area contributed by atoms with Crippen LogP contribution in [0.5, 0.6) is 0 Å². The van der Waals surface area contributed by atoms with E-state index in [2.05, 4.69) is 22.5 Å². The second kappa shape index (κ2) is 6.80. The van der Waals surface area contributed by atoms with E-state index >= 15 is 0 Å². The molecule has 1 atom stereocenters. The summed E-state index contributed by atoms with van der Waals surface area (Å²) < 4.78 is 0. The van der Waals surface area contributed by atoms with Crippen LogP contribution in [-0.4, -0.2) is 49.6 Å². The molecule has 1 aliphatic heterocycles. The molecule has 1 unspecified atom stereocenters. The second-order valence-corrected chi connectivity index (χ2v) is 4.24. The largest absolute Gasteiger partial charge is 0.352 e. The lowest BCUT2D eigenvalue weighted by atomic mass is 10.3. The first-order valence-electron chi connectivity index (χ1n) is 5.92. The van der Waals surface area contributed by atoms with E-state index < -0.39 is 0 Å². The van der Waals surface area contributed by atoms with E-state index in [1.54, 1.807) is 6.92 Å². The van der Waals surface area contributed by atoms with Gasteiger partial charge in [-0.3, -0.25) is 9.69 Å². The summed E-state index contributed by atoms with van der Waals surface area (Å²) in [5.41, 5.74) is 0. The van der Waals surface area contributed by atoms with Crippen molar-refractivity contribution in [2.45, 2.75) is 32.7 Å². The average molecular weight is 213 g/mol. The molecule has 0 aromatic carbocycles. The van der Waals surface area contributed by atoms with Crippen molar-refractivity contribution in [3.8, 4) is 0 Å². The van der Waals surface area contributed by atoms with Gasteiger partial charge in [0.25, 0.3) is 0 Å². The highest BCUT2D eigenvalue weighted by Gasteiger charge is 2.21. The molecule has 1 heterocycles. The van der Waals surface area contributed by atoms with E-state index in [-0.39, 0.29) is 5.91 Å². The second-order valence-electron chi connectivity index (χ2n) is 4.24. The van der Waals surface area contributed by atoms with Crippen LogP contribution in [0, 0.1) is 0 Å². The third kappa shape index (κ3) is 5.14. The molecule has 1 aliphatic rings. The van der Waals surface area contributed by atoms with Gasteiger partial charge in [-0.1, -0.05) is 6.92 Å². The highest BCUT2D eigenvalue weighted by atomic mass is 16.1. The Hall–Kier alpha value is -0.610. The third-order valence-corrected chi connectivity index (χ3v) is 2.71. The van der Waals surface area contributed by atoms with Gasteiger partial charge in [0.2, 0.25) is 5.91 Å². The van der Waals surface area contributed by atoms with E-state index in [1.807, 2.05) is 0 Å². The number of hydrogen-bond acceptors (Lipinski definition) is 3. The zero-order chi connectivity index (χ0) is 11.1. The maximum absolute atomic E-state index is 10.9. The lowest BCUT2D eigenvalue weighted by Gasteiger charge is -2.16. The Kier molecular flexibility index (Phi) is 5.65. The molecule has 88 valence electrons. The van der Waals surface area contributed by atoms with Crippen LogP contribution in [0.1, 0.15) is 26.7 Å². The summed E-state index contributed by atoms with van der Waals surface area (Å²) in [6.07, 6.45) is 2.28. The van der Waals surface area contributed by atoms with Crippen molar-refractivity contribution in [1.82, 2.24) is 15.5 Å². The molecule has 1 saturated heterocycles. The topological polar surface area (TPSA) is 44.4 Å². The van der Waals surface area contributed by atoms with Crippen LogP contribution < -0.4 is 10.6 Å². The van der Waals surface area contributed by atoms with Gasteiger partial charge in [0.15, 0.2) is 0 Å². The van der Waals surface area contributed by atoms with Crippen LogP contribution >= 0.6 is 0 Å². The quantitative estimate of drug-likeness (QED) is 0.619. The summed E-state index contributed by atoms with van der Waals surface area (Å²) in [4.78, 5) is 13.3. The van der Waals surface area contributed by atoms with E-state index in [1.165, 1.54) is 6.42 Å². The van der Waals surface area contributed by atoms with Gasteiger partial charge in [0.1, 0.15) is 0 Å². The smallest absolute Gasteiger partial charge is 0.217 e. The van der Waals surface area contributed by atoms with Crippen molar-refractivity contribution in [2.75, 3.05) is 32.7 Å². The standard InChI is InChI=1S/C11H23N3O/c1-3-5-12-6-8-14-7-4-11(9-14)13-10(2)15/h11-12H,3-9H2,1-2H3,(H,13,15). The monoisotopic (exact) mass is 213 g/mol. The molecule has 0 bridgehead atoms. The lowest BCUT2D eigenvalue weighted by molar-refractivity contribution is -0.119. The van der Waals surface area contributed by atoms with Crippen LogP contribution in [0.4, 0.5) is 0 Å². The zero-order valence-electron chi connectivity index (χ0n) is 9.88. The van der Waals surface area contributed by atoms with Crippen molar-refractivity contribution in [3.05, 3.63) is 0 Å². The minimum atomic E-state index is 0.0888. The van der Waals surface area contributed by atoms with E-state index in [4.69, 9.17) is 0 Å². The first-order valence-corrected chi connectivity index (χ1v) is 5.92. The minimum absolute atomic E-state index is 0.0888. The number of nitrogens with one attached hydrogen (secondary N) is 2. The number of carbonyl (C=O) groups is 1. The van der Waals surface area contributed by atoms with Crippen molar-refractivity contribution >= 4 is 5.91 Å². The Morgan fingerprint density at radius 1 is 1.47 bits per heavy atom. The molecule has 0 aliphatic carbocycles. The Balaban J connectivity index is 2.05. The van der Waals surface area contributed by atoms with Gasteiger partial charge in [-0.05, 0) is 19.4 Å². The predicted molar refractivity (Wildman–Crippen MR) is 61.8 cm³/mol. The SMILES string of the molecule is CCCNCCN1CCC(NC(C)=O)C1. The third-order valence-electron chi connectivity index (χ3n) is 2.71. The van der Waals surface area contributed by atoms with Gasteiger partial charge in [0, 0.05) is 39.1 Å². The number of hydrogen-bond donors (Lipinski definition) is 2. The highest BCUT2D eigenvalue weighted by molar-refractivity contribution is 5.73. The van der Waals surface area contributed by atoms with E-state index in [0.717, 1.165) is 39.1 Å². The molecule has 0 saturated carbocycles. The van der Waals surface area contributed by atoms with E-state index in [0.29, 0.717) is 6.04 Å². The molecule has 0 aromatic rings. The molecule has 2 N–H and O–H groups in total. The van der Waals surface area contributed by atoms with Crippen LogP contribution in [0.15, 0.2) is 0 Å². The van der Waals surface area contributed by atoms with Gasteiger partial charge in [-0.25, -0.2) is 0 Å². The number of rotatable bonds is 6. The summed E-state index contributed by atoms with van der Waals surface area (Å²) in [6, 6.07) is 0.369. The van der Waals surface area contributed by atoms with Gasteiger partial charge < -0.3 is 10.6 Å². The fourth-order valence-corrected chi connectivity index (χ4v) is 1.98. The van der Waals surface area contributed by atoms with Crippen LogP contribution in [0.25, 0.3) is 0 Å². The molecule has 1 fully saturated rings. The van der Waals surface area contributed by atoms with Gasteiger partial charge in [-0.2, -0.15) is 0 Å². The fourth-order valence-electron chi connectivity index (χ4n) is 1.98. The van der Waals surface area contributed by atoms with Crippen LogP contribution in [0.2, 0.25) is 0 Å². The van der Waals surface area contributed by atoms with Gasteiger partial charge >= 0.3 is 0 Å². The first-order chi connectivity index (χ1) is 7.22. The highest BCUT2D eigenvalue weighted by Crippen LogP contribution is 2.07. The Morgan fingerprint density at radius 3 is 2.93 bits per heavy atom. The molecule has 1 rings (SSSR count). The van der Waals surface area contributed by atoms with E-state index in [9.17, 15) is 4.79 Å². The number of carbonyl (C=O) groups excluding carboxylic acids is 1. The molecule has 4 nitrogen and oxygen atoms in total. The molecule has 0 spiro atoms. The van der Waals surface area contributed by atoms with Crippen molar-refractivity contribution in [1.29, 1.82) is 0 Å². The average Bonchev–Trinajstić information content (AvgIpc) is 2.59. The van der Waals surface area contributed by atoms with Crippen molar-refractivity contribution < 1.29 is 4.79 Å². The Labute approximate surface area is 92.4 Å². The predicted octanol–water partition coefficient (Wildman–Crippen LogP) is 0.196. The summed E-state index contributed by atoms with van der Waals surface area (Å²) in [7, 11) is 0. The van der Waals surface area contributed by atoms with Gasteiger partial charge in [0.05, 0.1) is 0 Å². The summed E-state index contributed by atoms with van der Waals surface area (Å²) in [5, 5.41) is 6.36. The molecule has 0 aromatic heterocycles. The van der Waals surface area contributed by atoms with Crippen LogP contribution in [0.3, 0.4) is 0 Å². The molecule has 4 heteroatoms. The lowest BCUT2D eigenvalue weighted by Crippen LogP contribution is -2.37. The zero-order valence-corrected chi connectivity index (χ0v) is 9.88. The summed E-state index contributed by atoms with van der Waals surface area (Å²) in [5.74, 6) is 0.0888. The Bertz CT molecular complexity index is 196. The van der Waals surface area contributed by atoms with Crippen molar-refractivity contribution in [2.24, 2.45) is 0 Å². The summed E-state index contributed by atoms with van der Waals surface area (Å²) >= 11 is 0. The maximum Gasteiger partial charge on any atom is 0.217 e. The molecule has 1 amide bonds. The maximum atomic E-state index is 10.9. The van der Waals surface area contributed by atoms with Crippen LogP contribution in [-0.2, 0) is 4.79 Å². The summed E-state index contributed by atoms with van der Waals surface area (Å²) in [6.45, 7) is 9.13. The minimum Gasteiger partial charge on any atom is -0.352 e. The normalized spacial score (nSPS) is 21.9. The van der Waals surface area contributed by atoms with Crippen molar-refractivity contribution in [3.63, 3.8) is 0 Å². The molecule has 0 radical (unpaired) electrons. The number of nitrogens with zero attached hydrogens (tertiary/aromatic N) is 1. The molecular weight excluding hydrogens is 190 g/mol. The number of likely N-dealkylation sites (tertiary alicyclic amines) is 1. The fraction of sp³-hybridized carbons (Fsp3) is 0.909.